The van der Waals surface area contributed by atoms with Crippen LogP contribution in [0.5, 0.6) is 5.75 Å². The normalized spacial score (nSPS) is 9.94. The smallest absolute Gasteiger partial charge is 0.239 e. The summed E-state index contributed by atoms with van der Waals surface area (Å²) in [7, 11) is 1.53. The Bertz CT molecular complexity index is 351. The number of ether oxygens (including phenoxy) is 1. The number of hydrogen-bond acceptors (Lipinski definition) is 3. The van der Waals surface area contributed by atoms with E-state index >= 15 is 0 Å². The zero-order valence-electron chi connectivity index (χ0n) is 9.77. The second kappa shape index (κ2) is 6.12. The zero-order chi connectivity index (χ0) is 12.0. The van der Waals surface area contributed by atoms with Gasteiger partial charge < -0.3 is 4.74 Å². The maximum Gasteiger partial charge on any atom is 0.239 e. The van der Waals surface area contributed by atoms with Gasteiger partial charge in [0.2, 0.25) is 5.91 Å². The molecule has 4 nitrogen and oxygen atoms in total. The van der Waals surface area contributed by atoms with Gasteiger partial charge in [-0.25, -0.2) is 5.84 Å². The zero-order valence-corrected chi connectivity index (χ0v) is 9.77. The van der Waals surface area contributed by atoms with Crippen molar-refractivity contribution in [3.05, 3.63) is 29.8 Å². The Morgan fingerprint density at radius 2 is 2.25 bits per heavy atom. The molecule has 0 saturated carbocycles. The van der Waals surface area contributed by atoms with Crippen molar-refractivity contribution in [2.45, 2.75) is 19.8 Å². The predicted octanol–water partition coefficient (Wildman–Crippen LogP) is 1.35. The van der Waals surface area contributed by atoms with Gasteiger partial charge in [-0.3, -0.25) is 9.80 Å². The first-order chi connectivity index (χ1) is 7.63. The Hall–Kier alpha value is -1.55. The highest BCUT2D eigenvalue weighted by atomic mass is 16.5. The molecule has 1 rings (SSSR count). The van der Waals surface area contributed by atoms with Crippen molar-refractivity contribution in [3.8, 4) is 5.75 Å². The summed E-state index contributed by atoms with van der Waals surface area (Å²) in [6.07, 6.45) is 1.27. The topological polar surface area (TPSA) is 55.6 Å². The second-order valence-corrected chi connectivity index (χ2v) is 3.60. The third kappa shape index (κ3) is 3.90. The van der Waals surface area contributed by atoms with Gasteiger partial charge in [0.15, 0.2) is 0 Å². The Labute approximate surface area is 96.0 Å². The van der Waals surface area contributed by atoms with Crippen LogP contribution in [0.25, 0.3) is 0 Å². The van der Waals surface area contributed by atoms with Crippen molar-refractivity contribution in [1.29, 1.82) is 0 Å². The highest BCUT2D eigenvalue weighted by Crippen LogP contribution is 2.13. The number of carbonyl (C=O) groups excluding carboxylic acids is 1. The van der Waals surface area contributed by atoms with Crippen LogP contribution in [0.4, 0.5) is 0 Å². The number of aryl methyl sites for hydroxylation is 1. The number of nitrogens with two attached hydrogens (primary N) is 1. The number of nitrogens with zero attached hydrogens (tertiary/aromatic N) is 1. The molecule has 0 aliphatic rings. The van der Waals surface area contributed by atoms with Crippen molar-refractivity contribution in [1.82, 2.24) is 5.01 Å². The van der Waals surface area contributed by atoms with Crippen molar-refractivity contribution in [2.24, 2.45) is 5.84 Å². The molecule has 1 amide bonds. The summed E-state index contributed by atoms with van der Waals surface area (Å²) in [5, 5.41) is 1.08. The average Bonchev–Trinajstić information content (AvgIpc) is 2.29. The monoisotopic (exact) mass is 222 g/mol. The molecule has 1 aromatic carbocycles. The molecule has 88 valence electrons. The quantitative estimate of drug-likeness (QED) is 0.465. The lowest BCUT2D eigenvalue weighted by atomic mass is 10.2. The summed E-state index contributed by atoms with van der Waals surface area (Å²) < 4.78 is 5.47. The third-order valence-electron chi connectivity index (χ3n) is 2.28. The van der Waals surface area contributed by atoms with Crippen molar-refractivity contribution in [3.63, 3.8) is 0 Å². The van der Waals surface area contributed by atoms with Crippen LogP contribution in [0.15, 0.2) is 24.3 Å². The molecule has 16 heavy (non-hydrogen) atoms. The maximum absolute atomic E-state index is 11.2. The fourth-order valence-electron chi connectivity index (χ4n) is 1.29. The highest BCUT2D eigenvalue weighted by molar-refractivity contribution is 5.75. The van der Waals surface area contributed by atoms with Crippen molar-refractivity contribution in [2.75, 3.05) is 13.7 Å². The van der Waals surface area contributed by atoms with Crippen molar-refractivity contribution < 1.29 is 9.53 Å². The molecule has 4 heteroatoms. The van der Waals surface area contributed by atoms with E-state index in [0.29, 0.717) is 13.0 Å². The number of amides is 1. The lowest BCUT2D eigenvalue weighted by molar-refractivity contribution is -0.130. The number of benzene rings is 1. The predicted molar refractivity (Wildman–Crippen MR) is 62.9 cm³/mol. The van der Waals surface area contributed by atoms with Crippen LogP contribution >= 0.6 is 0 Å². The van der Waals surface area contributed by atoms with Crippen LogP contribution < -0.4 is 10.6 Å². The summed E-state index contributed by atoms with van der Waals surface area (Å²) in [4.78, 5) is 11.2. The van der Waals surface area contributed by atoms with Crippen LogP contribution in [0.3, 0.4) is 0 Å². The van der Waals surface area contributed by atoms with E-state index in [9.17, 15) is 4.79 Å². The van der Waals surface area contributed by atoms with E-state index in [1.807, 2.05) is 24.3 Å². The molecule has 0 saturated heterocycles. The van der Waals surface area contributed by atoms with Gasteiger partial charge in [-0.1, -0.05) is 19.1 Å². The van der Waals surface area contributed by atoms with E-state index in [4.69, 9.17) is 10.6 Å². The number of rotatable bonds is 5. The molecule has 0 atom stereocenters. The first kappa shape index (κ1) is 12.5. The summed E-state index contributed by atoms with van der Waals surface area (Å²) >= 11 is 0. The lowest BCUT2D eigenvalue weighted by Crippen LogP contribution is -2.33. The minimum Gasteiger partial charge on any atom is -0.493 e. The minimum atomic E-state index is -0.133. The standard InChI is InChI=1S/C12H18N2O2/c1-3-10-5-4-6-11(9-10)16-8-7-12(15)14(2)13/h4-6,9H,3,7-8,13H2,1-2H3. The third-order valence-corrected chi connectivity index (χ3v) is 2.28. The lowest BCUT2D eigenvalue weighted by Gasteiger charge is -2.10. The van der Waals surface area contributed by atoms with Gasteiger partial charge >= 0.3 is 0 Å². The maximum atomic E-state index is 11.2. The first-order valence-electron chi connectivity index (χ1n) is 5.36. The number of carbonyl (C=O) groups is 1. The Morgan fingerprint density at radius 1 is 1.50 bits per heavy atom. The van der Waals surface area contributed by atoms with Crippen molar-refractivity contribution >= 4 is 5.91 Å². The van der Waals surface area contributed by atoms with Crippen LogP contribution in [-0.4, -0.2) is 24.6 Å². The van der Waals surface area contributed by atoms with Crippen LogP contribution in [0.2, 0.25) is 0 Å². The summed E-state index contributed by atoms with van der Waals surface area (Å²) in [6, 6.07) is 7.86. The molecular weight excluding hydrogens is 204 g/mol. The van der Waals surface area contributed by atoms with Gasteiger partial charge in [0.1, 0.15) is 5.75 Å². The van der Waals surface area contributed by atoms with E-state index in [-0.39, 0.29) is 5.91 Å². The Kier molecular flexibility index (Phi) is 4.79. The second-order valence-electron chi connectivity index (χ2n) is 3.60. The minimum absolute atomic E-state index is 0.133. The Morgan fingerprint density at radius 3 is 2.88 bits per heavy atom. The van der Waals surface area contributed by atoms with E-state index in [1.165, 1.54) is 12.6 Å². The highest BCUT2D eigenvalue weighted by Gasteiger charge is 2.04. The van der Waals surface area contributed by atoms with E-state index in [2.05, 4.69) is 6.92 Å². The summed E-state index contributed by atoms with van der Waals surface area (Å²) in [5.41, 5.74) is 1.22. The fraction of sp³-hybridized carbons (Fsp3) is 0.417. The molecule has 0 heterocycles. The Balaban J connectivity index is 2.40. The molecule has 0 aliphatic carbocycles. The van der Waals surface area contributed by atoms with Gasteiger partial charge in [-0.2, -0.15) is 0 Å². The van der Waals surface area contributed by atoms with E-state index in [1.54, 1.807) is 0 Å². The molecule has 0 fully saturated rings. The number of hydrazine groups is 1. The molecule has 0 unspecified atom stereocenters. The van der Waals surface area contributed by atoms with Crippen LogP contribution in [0, 0.1) is 0 Å². The molecule has 1 aromatic rings. The van der Waals surface area contributed by atoms with Gasteiger partial charge in [0, 0.05) is 7.05 Å². The molecule has 2 N–H and O–H groups in total. The van der Waals surface area contributed by atoms with E-state index in [0.717, 1.165) is 17.2 Å². The fourth-order valence-corrected chi connectivity index (χ4v) is 1.29. The average molecular weight is 222 g/mol. The van der Waals surface area contributed by atoms with Crippen LogP contribution in [-0.2, 0) is 11.2 Å². The van der Waals surface area contributed by atoms with Gasteiger partial charge in [-0.05, 0) is 24.1 Å². The molecule has 0 aromatic heterocycles. The first-order valence-corrected chi connectivity index (χ1v) is 5.36. The van der Waals surface area contributed by atoms with Crippen LogP contribution in [0.1, 0.15) is 18.9 Å². The molecular formula is C12H18N2O2. The largest absolute Gasteiger partial charge is 0.493 e. The molecule has 0 radical (unpaired) electrons. The number of hydrogen-bond donors (Lipinski definition) is 1. The van der Waals surface area contributed by atoms with E-state index < -0.39 is 0 Å². The van der Waals surface area contributed by atoms with Gasteiger partial charge in [0.05, 0.1) is 13.0 Å². The SMILES string of the molecule is CCc1cccc(OCCC(=O)N(C)N)c1. The molecule has 0 spiro atoms. The summed E-state index contributed by atoms with van der Waals surface area (Å²) in [5.74, 6) is 5.95. The molecule has 0 aliphatic heterocycles. The van der Waals surface area contributed by atoms with Gasteiger partial charge in [0.25, 0.3) is 0 Å². The molecule has 0 bridgehead atoms. The van der Waals surface area contributed by atoms with Gasteiger partial charge in [-0.15, -0.1) is 0 Å². The summed E-state index contributed by atoms with van der Waals surface area (Å²) in [6.45, 7) is 2.44.